The Morgan fingerprint density at radius 2 is 2.24 bits per heavy atom. The van der Waals surface area contributed by atoms with E-state index in [4.69, 9.17) is 9.47 Å². The van der Waals surface area contributed by atoms with E-state index in [1.165, 1.54) is 25.0 Å². The standard InChI is InChI=1S/C13H17FO3/c1-9(15)11-4-5-13(12(14)6-11)17-8-16-7-10-2-3-10/h4-6,9-10,15H,2-3,7-8H2,1H3/t9-/m1/s1. The van der Waals surface area contributed by atoms with Gasteiger partial charge in [0.05, 0.1) is 12.7 Å². The molecule has 1 N–H and O–H groups in total. The van der Waals surface area contributed by atoms with Gasteiger partial charge < -0.3 is 14.6 Å². The predicted octanol–water partition coefficient (Wildman–Crippen LogP) is 2.64. The van der Waals surface area contributed by atoms with E-state index in [1.807, 2.05) is 0 Å². The van der Waals surface area contributed by atoms with Gasteiger partial charge in [0, 0.05) is 0 Å². The average molecular weight is 240 g/mol. The van der Waals surface area contributed by atoms with Gasteiger partial charge in [-0.15, -0.1) is 0 Å². The second-order valence-electron chi connectivity index (χ2n) is 4.44. The molecule has 1 aromatic rings. The van der Waals surface area contributed by atoms with Gasteiger partial charge in [0.2, 0.25) is 0 Å². The number of benzene rings is 1. The molecule has 0 amide bonds. The van der Waals surface area contributed by atoms with Crippen molar-refractivity contribution < 1.29 is 19.0 Å². The summed E-state index contributed by atoms with van der Waals surface area (Å²) < 4.78 is 23.9. The third-order valence-corrected chi connectivity index (χ3v) is 2.79. The third kappa shape index (κ3) is 3.68. The fourth-order valence-electron chi connectivity index (χ4n) is 1.50. The van der Waals surface area contributed by atoms with Gasteiger partial charge in [-0.25, -0.2) is 4.39 Å². The summed E-state index contributed by atoms with van der Waals surface area (Å²) in [4.78, 5) is 0. The minimum atomic E-state index is -0.676. The highest BCUT2D eigenvalue weighted by Gasteiger charge is 2.21. The number of aliphatic hydroxyl groups excluding tert-OH is 1. The normalized spacial score (nSPS) is 16.9. The van der Waals surface area contributed by atoms with Crippen molar-refractivity contribution in [1.29, 1.82) is 0 Å². The summed E-state index contributed by atoms with van der Waals surface area (Å²) in [5.74, 6) is 0.352. The van der Waals surface area contributed by atoms with Crippen molar-refractivity contribution in [1.82, 2.24) is 0 Å². The van der Waals surface area contributed by atoms with Gasteiger partial charge in [0.15, 0.2) is 18.4 Å². The van der Waals surface area contributed by atoms with Crippen LogP contribution in [0.15, 0.2) is 18.2 Å². The predicted molar refractivity (Wildman–Crippen MR) is 61.2 cm³/mol. The molecule has 1 atom stereocenters. The highest BCUT2D eigenvalue weighted by molar-refractivity contribution is 5.30. The maximum Gasteiger partial charge on any atom is 0.189 e. The molecule has 94 valence electrons. The number of halogens is 1. The van der Waals surface area contributed by atoms with Crippen molar-refractivity contribution in [3.05, 3.63) is 29.6 Å². The molecule has 1 fully saturated rings. The Bertz CT molecular complexity index is 375. The topological polar surface area (TPSA) is 38.7 Å². The SMILES string of the molecule is C[C@@H](O)c1ccc(OCOCC2CC2)c(F)c1. The van der Waals surface area contributed by atoms with Crippen LogP contribution in [0.3, 0.4) is 0 Å². The second-order valence-corrected chi connectivity index (χ2v) is 4.44. The lowest BCUT2D eigenvalue weighted by Gasteiger charge is -2.10. The van der Waals surface area contributed by atoms with Gasteiger partial charge >= 0.3 is 0 Å². The van der Waals surface area contributed by atoms with Gasteiger partial charge in [-0.3, -0.25) is 0 Å². The van der Waals surface area contributed by atoms with E-state index in [0.29, 0.717) is 18.1 Å². The number of hydrogen-bond acceptors (Lipinski definition) is 3. The maximum atomic E-state index is 13.5. The largest absolute Gasteiger partial charge is 0.464 e. The highest BCUT2D eigenvalue weighted by Crippen LogP contribution is 2.29. The zero-order chi connectivity index (χ0) is 12.3. The minimum Gasteiger partial charge on any atom is -0.464 e. The smallest absolute Gasteiger partial charge is 0.189 e. The Kier molecular flexibility index (Phi) is 3.97. The van der Waals surface area contributed by atoms with Crippen molar-refractivity contribution >= 4 is 0 Å². The summed E-state index contributed by atoms with van der Waals surface area (Å²) in [5, 5.41) is 9.29. The molecular formula is C13H17FO3. The number of ether oxygens (including phenoxy) is 2. The molecule has 1 aromatic carbocycles. The zero-order valence-electron chi connectivity index (χ0n) is 9.86. The Hall–Kier alpha value is -1.13. The van der Waals surface area contributed by atoms with Gasteiger partial charge in [0.25, 0.3) is 0 Å². The van der Waals surface area contributed by atoms with Gasteiger partial charge in [0.1, 0.15) is 0 Å². The first-order chi connectivity index (χ1) is 8.16. The van der Waals surface area contributed by atoms with Crippen LogP contribution in [0.4, 0.5) is 4.39 Å². The Morgan fingerprint density at radius 3 is 2.82 bits per heavy atom. The minimum absolute atomic E-state index is 0.0709. The summed E-state index contributed by atoms with van der Waals surface area (Å²) in [7, 11) is 0. The summed E-state index contributed by atoms with van der Waals surface area (Å²) in [5.41, 5.74) is 0.536. The maximum absolute atomic E-state index is 13.5. The summed E-state index contributed by atoms with van der Waals surface area (Å²) in [6, 6.07) is 4.43. The fourth-order valence-corrected chi connectivity index (χ4v) is 1.50. The fraction of sp³-hybridized carbons (Fsp3) is 0.538. The molecule has 0 radical (unpaired) electrons. The van der Waals surface area contributed by atoms with Crippen LogP contribution >= 0.6 is 0 Å². The van der Waals surface area contributed by atoms with E-state index in [1.54, 1.807) is 13.0 Å². The Labute approximate surface area is 100 Å². The molecule has 4 heteroatoms. The summed E-state index contributed by atoms with van der Waals surface area (Å²) in [6.45, 7) is 2.35. The molecule has 1 aliphatic rings. The van der Waals surface area contributed by atoms with Crippen LogP contribution in [0.2, 0.25) is 0 Å². The van der Waals surface area contributed by atoms with Crippen molar-refractivity contribution in [2.45, 2.75) is 25.9 Å². The molecule has 17 heavy (non-hydrogen) atoms. The van der Waals surface area contributed by atoms with E-state index in [9.17, 15) is 9.50 Å². The molecule has 0 heterocycles. The molecule has 1 saturated carbocycles. The molecule has 0 saturated heterocycles. The third-order valence-electron chi connectivity index (χ3n) is 2.79. The van der Waals surface area contributed by atoms with E-state index in [0.717, 1.165) is 0 Å². The number of aliphatic hydroxyl groups is 1. The Balaban J connectivity index is 1.82. The first kappa shape index (κ1) is 12.3. The van der Waals surface area contributed by atoms with Crippen molar-refractivity contribution in [2.75, 3.05) is 13.4 Å². The molecule has 1 aliphatic carbocycles. The molecular weight excluding hydrogens is 223 g/mol. The number of rotatable bonds is 6. The monoisotopic (exact) mass is 240 g/mol. The first-order valence-corrected chi connectivity index (χ1v) is 5.85. The average Bonchev–Trinajstić information content (AvgIpc) is 3.09. The molecule has 0 bridgehead atoms. The van der Waals surface area contributed by atoms with Crippen LogP contribution in [0, 0.1) is 11.7 Å². The molecule has 0 spiro atoms. The van der Waals surface area contributed by atoms with Gasteiger partial charge in [-0.2, -0.15) is 0 Å². The quantitative estimate of drug-likeness (QED) is 0.613. The van der Waals surface area contributed by atoms with Crippen molar-refractivity contribution in [3.63, 3.8) is 0 Å². The lowest BCUT2D eigenvalue weighted by Crippen LogP contribution is -2.06. The molecule has 3 nitrogen and oxygen atoms in total. The lowest BCUT2D eigenvalue weighted by molar-refractivity contribution is 0.00788. The molecule has 2 rings (SSSR count). The van der Waals surface area contributed by atoms with E-state index < -0.39 is 11.9 Å². The van der Waals surface area contributed by atoms with Crippen LogP contribution in [0.5, 0.6) is 5.75 Å². The van der Waals surface area contributed by atoms with Crippen LogP contribution in [-0.2, 0) is 4.74 Å². The summed E-state index contributed by atoms with van der Waals surface area (Å²) >= 11 is 0. The van der Waals surface area contributed by atoms with Crippen LogP contribution in [0.25, 0.3) is 0 Å². The molecule has 0 unspecified atom stereocenters. The van der Waals surface area contributed by atoms with Crippen molar-refractivity contribution in [3.8, 4) is 5.75 Å². The highest BCUT2D eigenvalue weighted by atomic mass is 19.1. The first-order valence-electron chi connectivity index (χ1n) is 5.85. The van der Waals surface area contributed by atoms with Crippen molar-refractivity contribution in [2.24, 2.45) is 5.92 Å². The van der Waals surface area contributed by atoms with E-state index in [2.05, 4.69) is 0 Å². The molecule has 0 aromatic heterocycles. The summed E-state index contributed by atoms with van der Waals surface area (Å²) in [6.07, 6.45) is 1.76. The van der Waals surface area contributed by atoms with Crippen LogP contribution in [0.1, 0.15) is 31.4 Å². The van der Waals surface area contributed by atoms with E-state index >= 15 is 0 Å². The van der Waals surface area contributed by atoms with Gasteiger partial charge in [-0.1, -0.05) is 6.07 Å². The van der Waals surface area contributed by atoms with Gasteiger partial charge in [-0.05, 0) is 43.4 Å². The van der Waals surface area contributed by atoms with Crippen LogP contribution < -0.4 is 4.74 Å². The second kappa shape index (κ2) is 5.47. The zero-order valence-corrected chi connectivity index (χ0v) is 9.86. The molecule has 0 aliphatic heterocycles. The lowest BCUT2D eigenvalue weighted by atomic mass is 10.1. The van der Waals surface area contributed by atoms with E-state index in [-0.39, 0.29) is 12.5 Å². The van der Waals surface area contributed by atoms with Crippen LogP contribution in [-0.4, -0.2) is 18.5 Å². The Morgan fingerprint density at radius 1 is 1.47 bits per heavy atom. The number of hydrogen-bond donors (Lipinski definition) is 1.